The van der Waals surface area contributed by atoms with Gasteiger partial charge in [-0.05, 0) is 23.3 Å². The van der Waals surface area contributed by atoms with E-state index >= 15 is 0 Å². The van der Waals surface area contributed by atoms with Gasteiger partial charge in [-0.1, -0.05) is 54.6 Å². The van der Waals surface area contributed by atoms with Gasteiger partial charge < -0.3 is 10.6 Å². The first kappa shape index (κ1) is 19.3. The van der Waals surface area contributed by atoms with Gasteiger partial charge in [0.25, 0.3) is 0 Å². The van der Waals surface area contributed by atoms with Crippen LogP contribution in [0.3, 0.4) is 0 Å². The lowest BCUT2D eigenvalue weighted by Gasteiger charge is -2.36. The highest BCUT2D eigenvalue weighted by Gasteiger charge is 2.24. The fraction of sp³-hybridized carbons (Fsp3) is 0.250. The number of amides is 1. The number of piperazine rings is 1. The first-order valence-corrected chi connectivity index (χ1v) is 10.1. The molecule has 2 heterocycles. The molecule has 0 spiro atoms. The maximum atomic E-state index is 12.7. The Bertz CT molecular complexity index is 930. The molecule has 1 amide bonds. The number of pyridine rings is 1. The number of nitrogens with one attached hydrogen (secondary N) is 2. The minimum Gasteiger partial charge on any atom is -0.325 e. The molecule has 1 aliphatic heterocycles. The van der Waals surface area contributed by atoms with Crippen molar-refractivity contribution in [1.29, 1.82) is 0 Å². The standard InChI is InChI=1S/C24H26N4O/c29-24(27-22-11-5-4-10-21(22)19-7-2-1-3-8-19)12-15-28-16-14-26-18-23(28)20-9-6-13-25-17-20/h1-11,13,17,23,26H,12,14-16,18H2,(H,27,29). The van der Waals surface area contributed by atoms with Gasteiger partial charge in [-0.3, -0.25) is 14.7 Å². The maximum absolute atomic E-state index is 12.7. The molecule has 1 aliphatic rings. The Balaban J connectivity index is 1.40. The summed E-state index contributed by atoms with van der Waals surface area (Å²) in [6.07, 6.45) is 4.17. The van der Waals surface area contributed by atoms with E-state index in [0.29, 0.717) is 6.42 Å². The second-order valence-electron chi connectivity index (χ2n) is 7.25. The van der Waals surface area contributed by atoms with E-state index in [1.54, 1.807) is 6.20 Å². The molecule has 5 heteroatoms. The number of carbonyl (C=O) groups is 1. The summed E-state index contributed by atoms with van der Waals surface area (Å²) in [5.74, 6) is 0.0388. The summed E-state index contributed by atoms with van der Waals surface area (Å²) < 4.78 is 0. The molecule has 148 valence electrons. The molecule has 1 unspecified atom stereocenters. The average Bonchev–Trinajstić information content (AvgIpc) is 2.79. The molecule has 29 heavy (non-hydrogen) atoms. The summed E-state index contributed by atoms with van der Waals surface area (Å²) in [7, 11) is 0. The lowest BCUT2D eigenvalue weighted by Crippen LogP contribution is -2.46. The molecule has 0 saturated carbocycles. The first-order valence-electron chi connectivity index (χ1n) is 10.1. The number of rotatable bonds is 6. The predicted octanol–water partition coefficient (Wildman–Crippen LogP) is 3.72. The number of aromatic nitrogens is 1. The molecule has 1 fully saturated rings. The number of hydrogen-bond acceptors (Lipinski definition) is 4. The normalized spacial score (nSPS) is 17.0. The van der Waals surface area contributed by atoms with Crippen molar-refractivity contribution in [3.8, 4) is 11.1 Å². The van der Waals surface area contributed by atoms with Gasteiger partial charge in [0.15, 0.2) is 0 Å². The second-order valence-corrected chi connectivity index (χ2v) is 7.25. The number of benzene rings is 2. The molecular weight excluding hydrogens is 360 g/mol. The van der Waals surface area contributed by atoms with E-state index in [2.05, 4.69) is 38.7 Å². The zero-order valence-corrected chi connectivity index (χ0v) is 16.4. The zero-order chi connectivity index (χ0) is 19.9. The van der Waals surface area contributed by atoms with Crippen LogP contribution in [0, 0.1) is 0 Å². The van der Waals surface area contributed by atoms with Crippen LogP contribution in [-0.2, 0) is 4.79 Å². The molecule has 4 rings (SSSR count). The van der Waals surface area contributed by atoms with E-state index < -0.39 is 0 Å². The second kappa shape index (κ2) is 9.45. The van der Waals surface area contributed by atoms with Crippen molar-refractivity contribution in [1.82, 2.24) is 15.2 Å². The van der Waals surface area contributed by atoms with E-state index in [1.807, 2.05) is 54.7 Å². The topological polar surface area (TPSA) is 57.3 Å². The molecule has 0 bridgehead atoms. The highest BCUT2D eigenvalue weighted by atomic mass is 16.1. The number of anilines is 1. The van der Waals surface area contributed by atoms with Crippen LogP contribution in [0.5, 0.6) is 0 Å². The van der Waals surface area contributed by atoms with E-state index in [1.165, 1.54) is 5.56 Å². The molecule has 0 aliphatic carbocycles. The Morgan fingerprint density at radius 1 is 1.07 bits per heavy atom. The lowest BCUT2D eigenvalue weighted by atomic mass is 10.0. The Kier molecular flexibility index (Phi) is 6.29. The summed E-state index contributed by atoms with van der Waals surface area (Å²) in [6, 6.07) is 22.4. The Labute approximate surface area is 171 Å². The van der Waals surface area contributed by atoms with Gasteiger partial charge in [-0.2, -0.15) is 0 Å². The average molecular weight is 386 g/mol. The largest absolute Gasteiger partial charge is 0.325 e. The SMILES string of the molecule is O=C(CCN1CCNCC1c1cccnc1)Nc1ccccc1-c1ccccc1. The monoisotopic (exact) mass is 386 g/mol. The number of nitrogens with zero attached hydrogens (tertiary/aromatic N) is 2. The van der Waals surface area contributed by atoms with Gasteiger partial charge >= 0.3 is 0 Å². The summed E-state index contributed by atoms with van der Waals surface area (Å²) in [4.78, 5) is 19.3. The van der Waals surface area contributed by atoms with Gasteiger partial charge in [-0.25, -0.2) is 0 Å². The molecule has 3 aromatic rings. The maximum Gasteiger partial charge on any atom is 0.225 e. The first-order chi connectivity index (χ1) is 14.3. The Morgan fingerprint density at radius 3 is 2.72 bits per heavy atom. The van der Waals surface area contributed by atoms with Gasteiger partial charge in [0, 0.05) is 62.3 Å². The highest BCUT2D eigenvalue weighted by molar-refractivity contribution is 5.95. The minimum atomic E-state index is 0.0388. The zero-order valence-electron chi connectivity index (χ0n) is 16.4. The molecular formula is C24H26N4O. The minimum absolute atomic E-state index is 0.0388. The third kappa shape index (κ3) is 4.88. The molecule has 2 aromatic carbocycles. The van der Waals surface area contributed by atoms with E-state index in [0.717, 1.165) is 43.0 Å². The van der Waals surface area contributed by atoms with Gasteiger partial charge in [0.05, 0.1) is 0 Å². The fourth-order valence-corrected chi connectivity index (χ4v) is 3.84. The van der Waals surface area contributed by atoms with Crippen molar-refractivity contribution < 1.29 is 4.79 Å². The lowest BCUT2D eigenvalue weighted by molar-refractivity contribution is -0.116. The van der Waals surface area contributed by atoms with Gasteiger partial charge in [0.1, 0.15) is 0 Å². The van der Waals surface area contributed by atoms with Crippen molar-refractivity contribution in [3.63, 3.8) is 0 Å². The van der Waals surface area contributed by atoms with Crippen LogP contribution in [0.1, 0.15) is 18.0 Å². The van der Waals surface area contributed by atoms with Crippen LogP contribution in [-0.4, -0.2) is 42.0 Å². The quantitative estimate of drug-likeness (QED) is 0.678. The molecule has 2 N–H and O–H groups in total. The van der Waals surface area contributed by atoms with E-state index in [4.69, 9.17) is 0 Å². The highest BCUT2D eigenvalue weighted by Crippen LogP contribution is 2.28. The number of para-hydroxylation sites is 1. The van der Waals surface area contributed by atoms with Crippen molar-refractivity contribution in [2.24, 2.45) is 0 Å². The third-order valence-corrected chi connectivity index (χ3v) is 5.34. The number of carbonyl (C=O) groups excluding carboxylic acids is 1. The van der Waals surface area contributed by atoms with E-state index in [-0.39, 0.29) is 11.9 Å². The van der Waals surface area contributed by atoms with Crippen molar-refractivity contribution >= 4 is 11.6 Å². The molecule has 1 atom stereocenters. The Morgan fingerprint density at radius 2 is 1.90 bits per heavy atom. The van der Waals surface area contributed by atoms with Crippen molar-refractivity contribution in [3.05, 3.63) is 84.7 Å². The summed E-state index contributed by atoms with van der Waals surface area (Å²) in [6.45, 7) is 3.47. The van der Waals surface area contributed by atoms with Crippen LogP contribution in [0.25, 0.3) is 11.1 Å². The molecule has 5 nitrogen and oxygen atoms in total. The molecule has 0 radical (unpaired) electrons. The smallest absolute Gasteiger partial charge is 0.225 e. The number of hydrogen-bond donors (Lipinski definition) is 2. The predicted molar refractivity (Wildman–Crippen MR) is 117 cm³/mol. The van der Waals surface area contributed by atoms with Crippen LogP contribution in [0.2, 0.25) is 0 Å². The molecule has 1 aromatic heterocycles. The summed E-state index contributed by atoms with van der Waals surface area (Å²) in [5.41, 5.74) is 4.18. The van der Waals surface area contributed by atoms with Gasteiger partial charge in [0.2, 0.25) is 5.91 Å². The van der Waals surface area contributed by atoms with Crippen LogP contribution in [0.15, 0.2) is 79.1 Å². The Hall–Kier alpha value is -3.02. The van der Waals surface area contributed by atoms with Crippen LogP contribution in [0.4, 0.5) is 5.69 Å². The summed E-state index contributed by atoms with van der Waals surface area (Å²) in [5, 5.41) is 6.56. The van der Waals surface area contributed by atoms with Crippen molar-refractivity contribution in [2.75, 3.05) is 31.5 Å². The van der Waals surface area contributed by atoms with Gasteiger partial charge in [-0.15, -0.1) is 0 Å². The summed E-state index contributed by atoms with van der Waals surface area (Å²) >= 11 is 0. The van der Waals surface area contributed by atoms with E-state index in [9.17, 15) is 4.79 Å². The molecule has 1 saturated heterocycles. The van der Waals surface area contributed by atoms with Crippen molar-refractivity contribution in [2.45, 2.75) is 12.5 Å². The van der Waals surface area contributed by atoms with Crippen LogP contribution < -0.4 is 10.6 Å². The fourth-order valence-electron chi connectivity index (χ4n) is 3.84. The van der Waals surface area contributed by atoms with Crippen LogP contribution >= 0.6 is 0 Å². The third-order valence-electron chi connectivity index (χ3n) is 5.34.